The zero-order valence-corrected chi connectivity index (χ0v) is 19.2. The van der Waals surface area contributed by atoms with E-state index in [4.69, 9.17) is 0 Å². The van der Waals surface area contributed by atoms with Gasteiger partial charge in [-0.05, 0) is 78.2 Å². The number of hydrogen-bond donors (Lipinski definition) is 0. The van der Waals surface area contributed by atoms with E-state index in [1.807, 2.05) is 18.2 Å². The van der Waals surface area contributed by atoms with E-state index in [0.29, 0.717) is 0 Å². The molecule has 0 N–H and O–H groups in total. The van der Waals surface area contributed by atoms with Crippen LogP contribution in [0.5, 0.6) is 0 Å². The molecule has 0 amide bonds. The van der Waals surface area contributed by atoms with E-state index in [0.717, 1.165) is 29.6 Å². The Kier molecular flexibility index (Phi) is 9.52. The lowest BCUT2D eigenvalue weighted by Crippen LogP contribution is -2.04. The van der Waals surface area contributed by atoms with Crippen LogP contribution < -0.4 is 0 Å². The molecule has 0 saturated carbocycles. The fourth-order valence-corrected chi connectivity index (χ4v) is 3.92. The normalized spacial score (nSPS) is 16.1. The molecule has 0 heteroatoms. The van der Waals surface area contributed by atoms with Gasteiger partial charge < -0.3 is 0 Å². The van der Waals surface area contributed by atoms with Crippen LogP contribution in [0.3, 0.4) is 0 Å². The van der Waals surface area contributed by atoms with Crippen molar-refractivity contribution in [1.82, 2.24) is 0 Å². The van der Waals surface area contributed by atoms with Gasteiger partial charge in [0.25, 0.3) is 0 Å². The Morgan fingerprint density at radius 2 is 1.55 bits per heavy atom. The monoisotopic (exact) mass is 406 g/mol. The van der Waals surface area contributed by atoms with Crippen LogP contribution in [-0.2, 0) is 0 Å². The molecule has 0 fully saturated rings. The predicted octanol–water partition coefficient (Wildman–Crippen LogP) is 9.04. The summed E-state index contributed by atoms with van der Waals surface area (Å²) in [6, 6.07) is 10.5. The van der Waals surface area contributed by atoms with Crippen molar-refractivity contribution in [3.8, 4) is 0 Å². The van der Waals surface area contributed by atoms with Crippen LogP contribution in [0.25, 0.3) is 5.57 Å². The van der Waals surface area contributed by atoms with Gasteiger partial charge in [0.05, 0.1) is 0 Å². The molecule has 0 radical (unpaired) electrons. The van der Waals surface area contributed by atoms with Crippen LogP contribution >= 0.6 is 0 Å². The molecule has 0 atom stereocenters. The first-order chi connectivity index (χ1) is 15.1. The topological polar surface area (TPSA) is 0 Å². The summed E-state index contributed by atoms with van der Waals surface area (Å²) in [6.07, 6.45) is 23.0. The van der Waals surface area contributed by atoms with Crippen molar-refractivity contribution >= 4 is 5.57 Å². The average molecular weight is 407 g/mol. The quantitative estimate of drug-likeness (QED) is 0.359. The molecule has 1 aliphatic carbocycles. The van der Waals surface area contributed by atoms with Gasteiger partial charge in [-0.2, -0.15) is 0 Å². The molecule has 31 heavy (non-hydrogen) atoms. The highest BCUT2D eigenvalue weighted by atomic mass is 14.2. The molecule has 0 saturated heterocycles. The van der Waals surface area contributed by atoms with Crippen LogP contribution in [0.1, 0.15) is 39.2 Å². The Labute approximate surface area is 189 Å². The second kappa shape index (κ2) is 12.3. The third-order valence-corrected chi connectivity index (χ3v) is 5.29. The van der Waals surface area contributed by atoms with Crippen molar-refractivity contribution in [1.29, 1.82) is 0 Å². The Hall–Kier alpha value is -3.38. The van der Waals surface area contributed by atoms with E-state index in [-0.39, 0.29) is 0 Å². The van der Waals surface area contributed by atoms with Gasteiger partial charge in [0.15, 0.2) is 0 Å². The van der Waals surface area contributed by atoms with Gasteiger partial charge in [-0.25, -0.2) is 0 Å². The number of allylic oxidation sites excluding steroid dienone is 17. The van der Waals surface area contributed by atoms with E-state index < -0.39 is 0 Å². The van der Waals surface area contributed by atoms with Crippen molar-refractivity contribution in [3.63, 3.8) is 0 Å². The highest BCUT2D eigenvalue weighted by Gasteiger charge is 2.19. The maximum absolute atomic E-state index is 4.31. The largest absolute Gasteiger partial charge is 0.0991 e. The molecule has 0 spiro atoms. The molecule has 0 unspecified atom stereocenters. The minimum Gasteiger partial charge on any atom is -0.0991 e. The Morgan fingerprint density at radius 3 is 2.10 bits per heavy atom. The van der Waals surface area contributed by atoms with Crippen molar-refractivity contribution in [2.75, 3.05) is 0 Å². The first-order valence-electron chi connectivity index (χ1n) is 10.9. The number of rotatable bonds is 9. The summed E-state index contributed by atoms with van der Waals surface area (Å²) in [4.78, 5) is 0. The molecule has 0 nitrogen and oxygen atoms in total. The lowest BCUT2D eigenvalue weighted by molar-refractivity contribution is 1.00. The Balaban J connectivity index is 2.70. The maximum Gasteiger partial charge on any atom is -0.0106 e. The van der Waals surface area contributed by atoms with Gasteiger partial charge in [-0.3, -0.25) is 0 Å². The first-order valence-corrected chi connectivity index (χ1v) is 10.9. The summed E-state index contributed by atoms with van der Waals surface area (Å²) in [5, 5.41) is 0. The van der Waals surface area contributed by atoms with Gasteiger partial charge in [0.1, 0.15) is 0 Å². The van der Waals surface area contributed by atoms with Crippen molar-refractivity contribution in [2.24, 2.45) is 0 Å². The molecule has 0 aliphatic heterocycles. The van der Waals surface area contributed by atoms with Gasteiger partial charge in [0, 0.05) is 0 Å². The lowest BCUT2D eigenvalue weighted by atomic mass is 9.81. The van der Waals surface area contributed by atoms with Gasteiger partial charge in [-0.15, -0.1) is 0 Å². The number of hydrogen-bond acceptors (Lipinski definition) is 0. The second-order valence-corrected chi connectivity index (χ2v) is 7.24. The molecule has 0 aromatic heterocycles. The SMILES string of the molecule is C=C/C=C\C(=C)C1=CCCC=C1/C(C=C)=C(/C=C\C)C(=C\C)\C(=C/C)c1ccccc1. The minimum atomic E-state index is 0.987. The predicted molar refractivity (Wildman–Crippen MR) is 140 cm³/mol. The van der Waals surface area contributed by atoms with Gasteiger partial charge >= 0.3 is 0 Å². The molecule has 2 rings (SSSR count). The molecular weight excluding hydrogens is 372 g/mol. The molecule has 1 aliphatic rings. The fourth-order valence-electron chi connectivity index (χ4n) is 3.92. The van der Waals surface area contributed by atoms with Crippen LogP contribution in [0.4, 0.5) is 0 Å². The maximum atomic E-state index is 4.31. The average Bonchev–Trinajstić information content (AvgIpc) is 2.81. The molecule has 0 bridgehead atoms. The minimum absolute atomic E-state index is 0.987. The highest BCUT2D eigenvalue weighted by Crippen LogP contribution is 2.38. The van der Waals surface area contributed by atoms with Crippen LogP contribution in [0.15, 0.2) is 144 Å². The van der Waals surface area contributed by atoms with Crippen LogP contribution in [0.2, 0.25) is 0 Å². The summed E-state index contributed by atoms with van der Waals surface area (Å²) < 4.78 is 0. The first kappa shape index (κ1) is 23.9. The third-order valence-electron chi connectivity index (χ3n) is 5.29. The lowest BCUT2D eigenvalue weighted by Gasteiger charge is -2.23. The van der Waals surface area contributed by atoms with E-state index in [2.05, 4.69) is 107 Å². The fraction of sp³-hybridized carbons (Fsp3) is 0.161. The molecule has 1 aromatic rings. The van der Waals surface area contributed by atoms with Crippen molar-refractivity contribution in [2.45, 2.75) is 33.6 Å². The Bertz CT molecular complexity index is 1020. The van der Waals surface area contributed by atoms with E-state index in [1.165, 1.54) is 27.9 Å². The smallest absolute Gasteiger partial charge is 0.0106 e. The third kappa shape index (κ3) is 5.83. The van der Waals surface area contributed by atoms with E-state index in [9.17, 15) is 0 Å². The summed E-state index contributed by atoms with van der Waals surface area (Å²) in [6.45, 7) is 18.5. The van der Waals surface area contributed by atoms with E-state index in [1.54, 1.807) is 6.08 Å². The summed E-state index contributed by atoms with van der Waals surface area (Å²) in [7, 11) is 0. The zero-order chi connectivity index (χ0) is 22.6. The standard InChI is InChI=1S/C31H34/c1-7-12-19-24(6)29-22-16-17-23-31(29)28(11-5)30(18-8-2)27(10-4)26(9-3)25-20-14-13-15-21-25/h7-15,18-23H,1,5-6,16-17H2,2-4H3/b18-8-,19-12-,26-9-,27-10+,30-28-. The molecule has 158 valence electrons. The summed E-state index contributed by atoms with van der Waals surface area (Å²) in [5.74, 6) is 0. The van der Waals surface area contributed by atoms with Crippen LogP contribution in [0, 0.1) is 0 Å². The van der Waals surface area contributed by atoms with Gasteiger partial charge in [-0.1, -0.05) is 111 Å². The van der Waals surface area contributed by atoms with Crippen molar-refractivity contribution in [3.05, 3.63) is 150 Å². The van der Waals surface area contributed by atoms with Crippen LogP contribution in [-0.4, -0.2) is 0 Å². The van der Waals surface area contributed by atoms with Crippen molar-refractivity contribution < 1.29 is 0 Å². The molecule has 0 heterocycles. The van der Waals surface area contributed by atoms with E-state index >= 15 is 0 Å². The highest BCUT2D eigenvalue weighted by molar-refractivity contribution is 5.86. The van der Waals surface area contributed by atoms with Gasteiger partial charge in [0.2, 0.25) is 0 Å². The Morgan fingerprint density at radius 1 is 0.871 bits per heavy atom. The second-order valence-electron chi connectivity index (χ2n) is 7.24. The zero-order valence-electron chi connectivity index (χ0n) is 19.2. The summed E-state index contributed by atoms with van der Waals surface area (Å²) >= 11 is 0. The molecule has 1 aromatic carbocycles. The number of benzene rings is 1. The molecular formula is C31H34. The summed E-state index contributed by atoms with van der Waals surface area (Å²) in [5.41, 5.74) is 9.24.